The summed E-state index contributed by atoms with van der Waals surface area (Å²) < 4.78 is 17.6. The average molecular weight is 354 g/mol. The van der Waals surface area contributed by atoms with E-state index in [1.165, 1.54) is 0 Å². The number of rotatable bonds is 4. The molecule has 5 aromatic rings. The number of benzene rings is 2. The number of furan rings is 1. The highest BCUT2D eigenvalue weighted by Gasteiger charge is 2.10. The third-order valence-corrected chi connectivity index (χ3v) is 4.13. The first-order valence-electron chi connectivity index (χ1n) is 8.49. The topological polar surface area (TPSA) is 57.4 Å². The van der Waals surface area contributed by atoms with Crippen molar-refractivity contribution < 1.29 is 13.9 Å². The average Bonchev–Trinajstić information content (AvgIpc) is 3.07. The molecule has 3 heterocycles. The summed E-state index contributed by atoms with van der Waals surface area (Å²) in [5.74, 6) is 2.48. The van der Waals surface area contributed by atoms with Crippen LogP contribution in [0.2, 0.25) is 0 Å². The molecule has 0 saturated carbocycles. The molecule has 0 unspecified atom stereocenters. The number of nitrogens with zero attached hydrogens (tertiary/aromatic N) is 2. The molecule has 27 heavy (non-hydrogen) atoms. The van der Waals surface area contributed by atoms with Crippen LogP contribution in [0.25, 0.3) is 21.9 Å². The van der Waals surface area contributed by atoms with Gasteiger partial charge in [0.1, 0.15) is 22.7 Å². The van der Waals surface area contributed by atoms with Crippen molar-refractivity contribution in [2.45, 2.75) is 0 Å². The second kappa shape index (κ2) is 6.46. The van der Waals surface area contributed by atoms with Crippen molar-refractivity contribution >= 4 is 21.9 Å². The van der Waals surface area contributed by atoms with Crippen LogP contribution in [0.4, 0.5) is 0 Å². The standard InChI is InChI=1S/C22H14N2O3/c1-3-11-23-21(5-1)25-15-7-9-19-17(13-15)18-14-16(8-10-20(18)27-19)26-22-6-2-4-12-24-22/h1-14H. The van der Waals surface area contributed by atoms with E-state index >= 15 is 0 Å². The summed E-state index contributed by atoms with van der Waals surface area (Å²) in [6, 6.07) is 22.5. The molecule has 0 N–H and O–H groups in total. The molecule has 0 aliphatic rings. The lowest BCUT2D eigenvalue weighted by molar-refractivity contribution is 0.463. The number of fused-ring (bicyclic) bond motifs is 3. The van der Waals surface area contributed by atoms with Crippen molar-refractivity contribution in [3.8, 4) is 23.3 Å². The Bertz CT molecular complexity index is 1120. The largest absolute Gasteiger partial charge is 0.456 e. The second-order valence-corrected chi connectivity index (χ2v) is 5.96. The summed E-state index contributed by atoms with van der Waals surface area (Å²) >= 11 is 0. The van der Waals surface area contributed by atoms with Gasteiger partial charge < -0.3 is 13.9 Å². The molecule has 3 aromatic heterocycles. The van der Waals surface area contributed by atoms with Gasteiger partial charge in [0.2, 0.25) is 11.8 Å². The van der Waals surface area contributed by atoms with Crippen molar-refractivity contribution in [2.75, 3.05) is 0 Å². The van der Waals surface area contributed by atoms with E-state index in [4.69, 9.17) is 13.9 Å². The molecule has 0 fully saturated rings. The molecule has 0 aliphatic heterocycles. The second-order valence-electron chi connectivity index (χ2n) is 5.96. The Balaban J connectivity index is 1.54. The Morgan fingerprint density at radius 1 is 0.593 bits per heavy atom. The fraction of sp³-hybridized carbons (Fsp3) is 0. The summed E-state index contributed by atoms with van der Waals surface area (Å²) in [6.07, 6.45) is 3.39. The molecule has 5 nitrogen and oxygen atoms in total. The lowest BCUT2D eigenvalue weighted by Gasteiger charge is -2.05. The van der Waals surface area contributed by atoms with Gasteiger partial charge in [0.15, 0.2) is 0 Å². The van der Waals surface area contributed by atoms with E-state index in [2.05, 4.69) is 9.97 Å². The third-order valence-electron chi connectivity index (χ3n) is 4.13. The molecular formula is C22H14N2O3. The van der Waals surface area contributed by atoms with E-state index in [0.717, 1.165) is 21.9 Å². The molecule has 130 valence electrons. The summed E-state index contributed by atoms with van der Waals surface area (Å²) in [4.78, 5) is 8.38. The van der Waals surface area contributed by atoms with Crippen molar-refractivity contribution in [1.82, 2.24) is 9.97 Å². The highest BCUT2D eigenvalue weighted by atomic mass is 16.5. The zero-order chi connectivity index (χ0) is 18.1. The molecule has 0 saturated heterocycles. The molecule has 0 bridgehead atoms. The van der Waals surface area contributed by atoms with Crippen LogP contribution in [0.15, 0.2) is 89.6 Å². The number of ether oxygens (including phenoxy) is 2. The van der Waals surface area contributed by atoms with Crippen LogP contribution in [0, 0.1) is 0 Å². The first-order valence-corrected chi connectivity index (χ1v) is 8.49. The molecule has 2 aromatic carbocycles. The Morgan fingerprint density at radius 3 is 1.56 bits per heavy atom. The maximum absolute atomic E-state index is 5.92. The van der Waals surface area contributed by atoms with Crippen molar-refractivity contribution in [3.63, 3.8) is 0 Å². The van der Waals surface area contributed by atoms with Gasteiger partial charge in [0, 0.05) is 35.3 Å². The van der Waals surface area contributed by atoms with Gasteiger partial charge >= 0.3 is 0 Å². The summed E-state index contributed by atoms with van der Waals surface area (Å²) in [5, 5.41) is 1.90. The summed E-state index contributed by atoms with van der Waals surface area (Å²) in [7, 11) is 0. The molecular weight excluding hydrogens is 340 g/mol. The fourth-order valence-electron chi connectivity index (χ4n) is 2.92. The van der Waals surface area contributed by atoms with Crippen LogP contribution in [0.5, 0.6) is 23.3 Å². The zero-order valence-electron chi connectivity index (χ0n) is 14.2. The minimum atomic E-state index is 0.545. The number of hydrogen-bond donors (Lipinski definition) is 0. The zero-order valence-corrected chi connectivity index (χ0v) is 14.2. The van der Waals surface area contributed by atoms with Gasteiger partial charge in [-0.2, -0.15) is 0 Å². The Hall–Kier alpha value is -3.86. The first-order chi connectivity index (χ1) is 13.3. The van der Waals surface area contributed by atoms with Crippen LogP contribution < -0.4 is 9.47 Å². The van der Waals surface area contributed by atoms with Crippen LogP contribution in [0.1, 0.15) is 0 Å². The quantitative estimate of drug-likeness (QED) is 0.398. The third kappa shape index (κ3) is 3.06. The van der Waals surface area contributed by atoms with E-state index in [0.29, 0.717) is 23.3 Å². The molecule has 5 rings (SSSR count). The fourth-order valence-corrected chi connectivity index (χ4v) is 2.92. The highest BCUT2D eigenvalue weighted by Crippen LogP contribution is 2.35. The number of aromatic nitrogens is 2. The molecule has 5 heteroatoms. The van der Waals surface area contributed by atoms with Gasteiger partial charge in [-0.15, -0.1) is 0 Å². The summed E-state index contributed by atoms with van der Waals surface area (Å²) in [6.45, 7) is 0. The van der Waals surface area contributed by atoms with Crippen molar-refractivity contribution in [3.05, 3.63) is 85.2 Å². The Kier molecular flexibility index (Phi) is 3.68. The Labute approximate surface area is 154 Å². The van der Waals surface area contributed by atoms with Gasteiger partial charge in [-0.3, -0.25) is 0 Å². The minimum Gasteiger partial charge on any atom is -0.456 e. The van der Waals surface area contributed by atoms with Crippen molar-refractivity contribution in [2.24, 2.45) is 0 Å². The van der Waals surface area contributed by atoms with Crippen LogP contribution in [-0.4, -0.2) is 9.97 Å². The van der Waals surface area contributed by atoms with E-state index in [1.54, 1.807) is 12.4 Å². The minimum absolute atomic E-state index is 0.545. The predicted molar refractivity (Wildman–Crippen MR) is 102 cm³/mol. The monoisotopic (exact) mass is 354 g/mol. The molecule has 0 amide bonds. The number of hydrogen-bond acceptors (Lipinski definition) is 5. The SMILES string of the molecule is c1ccc(Oc2ccc3oc4ccc(Oc5ccccn5)cc4c3c2)nc1. The lowest BCUT2D eigenvalue weighted by atomic mass is 10.1. The molecule has 0 atom stereocenters. The smallest absolute Gasteiger partial charge is 0.219 e. The molecule has 0 spiro atoms. The van der Waals surface area contributed by atoms with Crippen LogP contribution in [0.3, 0.4) is 0 Å². The van der Waals surface area contributed by atoms with E-state index in [-0.39, 0.29) is 0 Å². The highest BCUT2D eigenvalue weighted by molar-refractivity contribution is 6.05. The maximum atomic E-state index is 5.92. The van der Waals surface area contributed by atoms with Gasteiger partial charge in [-0.05, 0) is 48.5 Å². The van der Waals surface area contributed by atoms with Crippen molar-refractivity contribution in [1.29, 1.82) is 0 Å². The lowest BCUT2D eigenvalue weighted by Crippen LogP contribution is -1.86. The van der Waals surface area contributed by atoms with Gasteiger partial charge in [-0.1, -0.05) is 12.1 Å². The summed E-state index contributed by atoms with van der Waals surface area (Å²) in [5.41, 5.74) is 1.57. The van der Waals surface area contributed by atoms with Crippen LogP contribution in [-0.2, 0) is 0 Å². The van der Waals surface area contributed by atoms with Gasteiger partial charge in [0.05, 0.1) is 0 Å². The number of pyridine rings is 2. The van der Waals surface area contributed by atoms with E-state index < -0.39 is 0 Å². The first kappa shape index (κ1) is 15.4. The normalized spacial score (nSPS) is 11.0. The maximum Gasteiger partial charge on any atom is 0.219 e. The Morgan fingerprint density at radius 2 is 1.11 bits per heavy atom. The molecule has 0 radical (unpaired) electrons. The molecule has 0 aliphatic carbocycles. The van der Waals surface area contributed by atoms with E-state index in [9.17, 15) is 0 Å². The van der Waals surface area contributed by atoms with Crippen LogP contribution >= 0.6 is 0 Å². The van der Waals surface area contributed by atoms with Gasteiger partial charge in [-0.25, -0.2) is 9.97 Å². The predicted octanol–water partition coefficient (Wildman–Crippen LogP) is 5.96. The van der Waals surface area contributed by atoms with E-state index in [1.807, 2.05) is 72.8 Å². The van der Waals surface area contributed by atoms with Gasteiger partial charge in [0.25, 0.3) is 0 Å².